The zero-order valence-electron chi connectivity index (χ0n) is 11.4. The fraction of sp³-hybridized carbons (Fsp3) is 0.0667. The van der Waals surface area contributed by atoms with Crippen molar-refractivity contribution in [1.82, 2.24) is 5.43 Å². The SMILES string of the molecule is COc1c(Br)cc(Br)cc1/C=N\NC(=O)c1ccccc1Br. The maximum absolute atomic E-state index is 12.0. The van der Waals surface area contributed by atoms with Gasteiger partial charge in [0, 0.05) is 14.5 Å². The Balaban J connectivity index is 2.17. The average molecular weight is 491 g/mol. The average Bonchev–Trinajstić information content (AvgIpc) is 2.47. The Labute approximate surface area is 153 Å². The van der Waals surface area contributed by atoms with E-state index in [1.165, 1.54) is 6.21 Å². The molecule has 0 fully saturated rings. The number of rotatable bonds is 4. The maximum Gasteiger partial charge on any atom is 0.272 e. The van der Waals surface area contributed by atoms with Crippen LogP contribution in [0.3, 0.4) is 0 Å². The number of carbonyl (C=O) groups excluding carboxylic acids is 1. The fourth-order valence-corrected chi connectivity index (χ4v) is 3.64. The van der Waals surface area contributed by atoms with E-state index in [9.17, 15) is 4.79 Å². The first kappa shape index (κ1) is 17.2. The van der Waals surface area contributed by atoms with E-state index in [2.05, 4.69) is 58.3 Å². The standard InChI is InChI=1S/C15H11Br3N2O2/c1-22-14-9(6-10(16)7-13(14)18)8-19-20-15(21)11-4-2-3-5-12(11)17/h2-8H,1H3,(H,20,21)/b19-8-. The Kier molecular flexibility index (Phi) is 6.16. The van der Waals surface area contributed by atoms with Crippen molar-refractivity contribution in [3.8, 4) is 5.75 Å². The summed E-state index contributed by atoms with van der Waals surface area (Å²) in [5.41, 5.74) is 3.74. The summed E-state index contributed by atoms with van der Waals surface area (Å²) in [6.45, 7) is 0. The normalized spacial score (nSPS) is 10.7. The van der Waals surface area contributed by atoms with Gasteiger partial charge in [0.05, 0.1) is 23.4 Å². The van der Waals surface area contributed by atoms with Crippen LogP contribution < -0.4 is 10.2 Å². The predicted molar refractivity (Wildman–Crippen MR) is 97.6 cm³/mol. The number of benzene rings is 2. The Bertz CT molecular complexity index is 733. The molecular weight excluding hydrogens is 480 g/mol. The number of nitrogens with one attached hydrogen (secondary N) is 1. The molecule has 0 bridgehead atoms. The number of hydrogen-bond donors (Lipinski definition) is 1. The Hall–Kier alpha value is -1.18. The molecule has 0 unspecified atom stereocenters. The van der Waals surface area contributed by atoms with E-state index in [1.54, 1.807) is 25.3 Å². The molecule has 0 aromatic heterocycles. The Morgan fingerprint density at radius 3 is 2.59 bits per heavy atom. The molecule has 4 nitrogen and oxygen atoms in total. The number of hydrogen-bond acceptors (Lipinski definition) is 3. The van der Waals surface area contributed by atoms with Gasteiger partial charge in [-0.25, -0.2) is 5.43 Å². The number of hydrazone groups is 1. The van der Waals surface area contributed by atoms with Crippen molar-refractivity contribution in [3.63, 3.8) is 0 Å². The zero-order valence-corrected chi connectivity index (χ0v) is 16.2. The summed E-state index contributed by atoms with van der Waals surface area (Å²) < 4.78 is 7.69. The second-order valence-electron chi connectivity index (χ2n) is 4.19. The first-order valence-corrected chi connectivity index (χ1v) is 8.51. The summed E-state index contributed by atoms with van der Waals surface area (Å²) in [5, 5.41) is 3.98. The second kappa shape index (κ2) is 7.89. The summed E-state index contributed by atoms with van der Waals surface area (Å²) in [7, 11) is 1.57. The first-order valence-electron chi connectivity index (χ1n) is 6.14. The van der Waals surface area contributed by atoms with E-state index in [1.807, 2.05) is 18.2 Å². The van der Waals surface area contributed by atoms with Gasteiger partial charge in [0.25, 0.3) is 5.91 Å². The molecule has 0 aliphatic heterocycles. The lowest BCUT2D eigenvalue weighted by Crippen LogP contribution is -2.18. The minimum absolute atomic E-state index is 0.295. The molecule has 0 saturated heterocycles. The summed E-state index contributed by atoms with van der Waals surface area (Å²) in [5.74, 6) is 0.346. The van der Waals surface area contributed by atoms with Crippen LogP contribution in [0.25, 0.3) is 0 Å². The van der Waals surface area contributed by atoms with Gasteiger partial charge >= 0.3 is 0 Å². The van der Waals surface area contributed by atoms with E-state index in [0.717, 1.165) is 14.5 Å². The lowest BCUT2D eigenvalue weighted by atomic mass is 10.2. The third-order valence-corrected chi connectivity index (χ3v) is 4.47. The minimum atomic E-state index is -0.295. The molecule has 2 rings (SSSR count). The van der Waals surface area contributed by atoms with Crippen molar-refractivity contribution in [2.75, 3.05) is 7.11 Å². The van der Waals surface area contributed by atoms with Crippen LogP contribution in [0.4, 0.5) is 0 Å². The first-order chi connectivity index (χ1) is 10.5. The number of halogens is 3. The third kappa shape index (κ3) is 4.18. The highest BCUT2D eigenvalue weighted by molar-refractivity contribution is 9.11. The van der Waals surface area contributed by atoms with E-state index >= 15 is 0 Å². The Morgan fingerprint density at radius 1 is 1.18 bits per heavy atom. The van der Waals surface area contributed by atoms with Gasteiger partial charge in [-0.2, -0.15) is 5.10 Å². The number of ether oxygens (including phenoxy) is 1. The van der Waals surface area contributed by atoms with Crippen LogP contribution in [0.15, 0.2) is 54.9 Å². The quantitative estimate of drug-likeness (QED) is 0.497. The number of carbonyl (C=O) groups is 1. The van der Waals surface area contributed by atoms with E-state index < -0.39 is 0 Å². The zero-order chi connectivity index (χ0) is 16.1. The fourth-order valence-electron chi connectivity index (χ4n) is 1.76. The van der Waals surface area contributed by atoms with Crippen molar-refractivity contribution in [2.24, 2.45) is 5.10 Å². The highest BCUT2D eigenvalue weighted by Gasteiger charge is 2.09. The van der Waals surface area contributed by atoms with Crippen molar-refractivity contribution in [2.45, 2.75) is 0 Å². The maximum atomic E-state index is 12.0. The van der Waals surface area contributed by atoms with Gasteiger partial charge in [-0.1, -0.05) is 28.1 Å². The molecule has 0 heterocycles. The van der Waals surface area contributed by atoms with Crippen LogP contribution >= 0.6 is 47.8 Å². The van der Waals surface area contributed by atoms with Gasteiger partial charge < -0.3 is 4.74 Å². The molecule has 22 heavy (non-hydrogen) atoms. The highest BCUT2D eigenvalue weighted by Crippen LogP contribution is 2.31. The van der Waals surface area contributed by atoms with Crippen molar-refractivity contribution in [1.29, 1.82) is 0 Å². The summed E-state index contributed by atoms with van der Waals surface area (Å²) >= 11 is 10.1. The molecule has 1 N–H and O–H groups in total. The van der Waals surface area contributed by atoms with Gasteiger partial charge in [0.1, 0.15) is 5.75 Å². The third-order valence-electron chi connectivity index (χ3n) is 2.73. The highest BCUT2D eigenvalue weighted by atomic mass is 79.9. The molecule has 2 aromatic carbocycles. The van der Waals surface area contributed by atoms with Crippen LogP contribution in [-0.2, 0) is 0 Å². The number of methoxy groups -OCH3 is 1. The van der Waals surface area contributed by atoms with Crippen LogP contribution in [-0.4, -0.2) is 19.2 Å². The van der Waals surface area contributed by atoms with Gasteiger partial charge in [-0.15, -0.1) is 0 Å². The molecule has 0 spiro atoms. The van der Waals surface area contributed by atoms with Crippen molar-refractivity contribution in [3.05, 3.63) is 60.9 Å². The molecule has 0 atom stereocenters. The predicted octanol–water partition coefficient (Wildman–Crippen LogP) is 4.75. The minimum Gasteiger partial charge on any atom is -0.495 e. The van der Waals surface area contributed by atoms with Crippen LogP contribution in [0, 0.1) is 0 Å². The van der Waals surface area contributed by atoms with Crippen LogP contribution in [0.1, 0.15) is 15.9 Å². The summed E-state index contributed by atoms with van der Waals surface area (Å²) in [4.78, 5) is 12.0. The van der Waals surface area contributed by atoms with E-state index in [4.69, 9.17) is 4.74 Å². The van der Waals surface area contributed by atoms with Gasteiger partial charge in [-0.05, 0) is 56.1 Å². The lowest BCUT2D eigenvalue weighted by Gasteiger charge is -2.08. The Morgan fingerprint density at radius 2 is 1.91 bits per heavy atom. The van der Waals surface area contributed by atoms with Crippen LogP contribution in [0.5, 0.6) is 5.75 Å². The monoisotopic (exact) mass is 488 g/mol. The molecule has 0 saturated carbocycles. The topological polar surface area (TPSA) is 50.7 Å². The molecular formula is C15H11Br3N2O2. The smallest absolute Gasteiger partial charge is 0.272 e. The van der Waals surface area contributed by atoms with Crippen molar-refractivity contribution >= 4 is 59.9 Å². The van der Waals surface area contributed by atoms with Gasteiger partial charge in [-0.3, -0.25) is 4.79 Å². The number of amides is 1. The van der Waals surface area contributed by atoms with E-state index in [0.29, 0.717) is 15.8 Å². The van der Waals surface area contributed by atoms with Crippen molar-refractivity contribution < 1.29 is 9.53 Å². The molecule has 7 heteroatoms. The molecule has 114 valence electrons. The molecule has 0 aliphatic carbocycles. The van der Waals surface area contributed by atoms with E-state index in [-0.39, 0.29) is 5.91 Å². The largest absolute Gasteiger partial charge is 0.495 e. The molecule has 0 radical (unpaired) electrons. The van der Waals surface area contributed by atoms with Gasteiger partial charge in [0.2, 0.25) is 0 Å². The number of nitrogens with zero attached hydrogens (tertiary/aromatic N) is 1. The second-order valence-corrected chi connectivity index (χ2v) is 6.81. The molecule has 1 amide bonds. The molecule has 0 aliphatic rings. The molecule has 2 aromatic rings. The lowest BCUT2D eigenvalue weighted by molar-refractivity contribution is 0.0954. The summed E-state index contributed by atoms with van der Waals surface area (Å²) in [6.07, 6.45) is 1.53. The van der Waals surface area contributed by atoms with Crippen LogP contribution in [0.2, 0.25) is 0 Å². The van der Waals surface area contributed by atoms with Gasteiger partial charge in [0.15, 0.2) is 0 Å². The summed E-state index contributed by atoms with van der Waals surface area (Å²) in [6, 6.07) is 10.9.